The molecular formula is C24H27N3OS. The molecule has 2 aliphatic rings. The predicted molar refractivity (Wildman–Crippen MR) is 120 cm³/mol. The number of aromatic amines is 1. The van der Waals surface area contributed by atoms with E-state index in [9.17, 15) is 4.21 Å². The fraction of sp³-hybridized carbons (Fsp3) is 0.333. The van der Waals surface area contributed by atoms with Crippen molar-refractivity contribution in [3.63, 3.8) is 0 Å². The topological polar surface area (TPSA) is 49.8 Å². The monoisotopic (exact) mass is 405 g/mol. The minimum atomic E-state index is -1.21. The van der Waals surface area contributed by atoms with E-state index in [0.717, 1.165) is 27.1 Å². The first kappa shape index (κ1) is 18.6. The van der Waals surface area contributed by atoms with E-state index in [1.54, 1.807) is 0 Å². The molecule has 6 rings (SSSR count). The highest BCUT2D eigenvalue weighted by Gasteiger charge is 2.35. The summed E-state index contributed by atoms with van der Waals surface area (Å²) in [5.74, 6) is 0. The van der Waals surface area contributed by atoms with Crippen LogP contribution in [0.3, 0.4) is 0 Å². The first-order valence-corrected chi connectivity index (χ1v) is 11.7. The Morgan fingerprint density at radius 1 is 1.10 bits per heavy atom. The summed E-state index contributed by atoms with van der Waals surface area (Å²) in [6.45, 7) is 4.00. The van der Waals surface area contributed by atoms with Crippen LogP contribution in [0.15, 0.2) is 58.5 Å². The third kappa shape index (κ3) is 2.79. The number of fused-ring (bicyclic) bond motifs is 7. The molecule has 0 spiro atoms. The van der Waals surface area contributed by atoms with Crippen molar-refractivity contribution in [2.24, 2.45) is 7.05 Å². The second kappa shape index (κ2) is 7.15. The van der Waals surface area contributed by atoms with E-state index in [4.69, 9.17) is 0 Å². The van der Waals surface area contributed by atoms with Crippen LogP contribution in [0.1, 0.15) is 44.0 Å². The molecule has 2 N–H and O–H groups in total. The average Bonchev–Trinajstić information content (AvgIpc) is 3.46. The summed E-state index contributed by atoms with van der Waals surface area (Å²) < 4.78 is 15.7. The molecule has 0 amide bonds. The Hall–Kier alpha value is -2.37. The van der Waals surface area contributed by atoms with Crippen LogP contribution in [0, 0.1) is 0 Å². The Labute approximate surface area is 173 Å². The van der Waals surface area contributed by atoms with Gasteiger partial charge in [-0.3, -0.25) is 0 Å². The van der Waals surface area contributed by atoms with E-state index in [-0.39, 0.29) is 0 Å². The Morgan fingerprint density at radius 3 is 2.83 bits per heavy atom. The smallest absolute Gasteiger partial charge is 0.0871 e. The maximum absolute atomic E-state index is 13.4. The largest absolute Gasteiger partial charge is 0.360 e. The molecule has 4 aromatic rings. The van der Waals surface area contributed by atoms with Crippen LogP contribution in [-0.2, 0) is 24.3 Å². The van der Waals surface area contributed by atoms with Crippen LogP contribution in [-0.4, -0.2) is 19.8 Å². The Balaban J connectivity index is 0.000000882. The van der Waals surface area contributed by atoms with Crippen molar-refractivity contribution < 1.29 is 4.21 Å². The van der Waals surface area contributed by atoms with Crippen LogP contribution in [0.2, 0.25) is 0 Å². The predicted octanol–water partition coefficient (Wildman–Crippen LogP) is 5.20. The first-order valence-electron chi connectivity index (χ1n) is 10.6. The molecule has 4 nitrogen and oxygen atoms in total. The molecule has 5 heteroatoms. The molecule has 3 atom stereocenters. The molecule has 29 heavy (non-hydrogen) atoms. The minimum Gasteiger partial charge on any atom is -0.360 e. The van der Waals surface area contributed by atoms with E-state index in [2.05, 4.69) is 34.0 Å². The molecule has 0 saturated carbocycles. The zero-order valence-corrected chi connectivity index (χ0v) is 18.0. The van der Waals surface area contributed by atoms with Crippen molar-refractivity contribution in [3.8, 4) is 0 Å². The lowest BCUT2D eigenvalue weighted by Crippen LogP contribution is -2.32. The summed E-state index contributed by atoms with van der Waals surface area (Å²) in [7, 11) is 0.958. The molecule has 2 bridgehead atoms. The van der Waals surface area contributed by atoms with Crippen LogP contribution >= 0.6 is 0 Å². The van der Waals surface area contributed by atoms with E-state index in [1.807, 2.05) is 50.4 Å². The number of aryl methyl sites for hydroxylation is 1. The molecule has 1 fully saturated rings. The number of H-pyrrole nitrogens is 1. The van der Waals surface area contributed by atoms with Gasteiger partial charge in [0.05, 0.1) is 21.2 Å². The first-order chi connectivity index (χ1) is 14.2. The minimum absolute atomic E-state index is 0.443. The lowest BCUT2D eigenvalue weighted by molar-refractivity contribution is 0.503. The van der Waals surface area contributed by atoms with Crippen LogP contribution in [0.4, 0.5) is 0 Å². The van der Waals surface area contributed by atoms with Gasteiger partial charge in [-0.1, -0.05) is 26.0 Å². The van der Waals surface area contributed by atoms with Crippen molar-refractivity contribution in [1.82, 2.24) is 14.9 Å². The van der Waals surface area contributed by atoms with Crippen molar-refractivity contribution in [3.05, 3.63) is 59.9 Å². The van der Waals surface area contributed by atoms with E-state index in [0.29, 0.717) is 12.1 Å². The zero-order valence-electron chi connectivity index (χ0n) is 17.2. The number of hydrogen-bond donors (Lipinski definition) is 2. The van der Waals surface area contributed by atoms with Gasteiger partial charge in [0.25, 0.3) is 0 Å². The third-order valence-electron chi connectivity index (χ3n) is 6.33. The van der Waals surface area contributed by atoms with Gasteiger partial charge in [-0.05, 0) is 48.7 Å². The highest BCUT2D eigenvalue weighted by atomic mass is 32.2. The molecule has 2 aromatic heterocycles. The average molecular weight is 406 g/mol. The van der Waals surface area contributed by atoms with Gasteiger partial charge in [-0.2, -0.15) is 0 Å². The summed E-state index contributed by atoms with van der Waals surface area (Å²) >= 11 is 0. The summed E-state index contributed by atoms with van der Waals surface area (Å²) in [5, 5.41) is 6.12. The highest BCUT2D eigenvalue weighted by Crippen LogP contribution is 2.42. The van der Waals surface area contributed by atoms with E-state index >= 15 is 0 Å². The molecule has 2 aliphatic heterocycles. The van der Waals surface area contributed by atoms with Gasteiger partial charge < -0.3 is 14.9 Å². The summed E-state index contributed by atoms with van der Waals surface area (Å²) in [5.41, 5.74) is 5.09. The Kier molecular flexibility index (Phi) is 4.60. The van der Waals surface area contributed by atoms with Gasteiger partial charge in [0.2, 0.25) is 0 Å². The van der Waals surface area contributed by atoms with Gasteiger partial charge >= 0.3 is 0 Å². The Morgan fingerprint density at radius 2 is 1.97 bits per heavy atom. The van der Waals surface area contributed by atoms with Crippen molar-refractivity contribution in [2.45, 2.75) is 55.0 Å². The highest BCUT2D eigenvalue weighted by molar-refractivity contribution is 7.85. The number of para-hydroxylation sites is 1. The molecule has 150 valence electrons. The SMILES string of the molecule is CC.Cn1c2c(c3cc(S(=O)c4cccc5cc[nH]c45)ccc31)C1CCC(C2)N1. The van der Waals surface area contributed by atoms with Crippen LogP contribution in [0.25, 0.3) is 21.8 Å². The van der Waals surface area contributed by atoms with Gasteiger partial charge in [0, 0.05) is 58.6 Å². The van der Waals surface area contributed by atoms with Gasteiger partial charge in [0.1, 0.15) is 0 Å². The quantitative estimate of drug-likeness (QED) is 0.481. The second-order valence-corrected chi connectivity index (χ2v) is 9.21. The molecule has 4 heterocycles. The number of hydrogen-bond acceptors (Lipinski definition) is 2. The zero-order chi connectivity index (χ0) is 20.1. The van der Waals surface area contributed by atoms with E-state index in [1.165, 1.54) is 35.0 Å². The Bertz CT molecular complexity index is 1240. The maximum Gasteiger partial charge on any atom is 0.0871 e. The summed E-state index contributed by atoms with van der Waals surface area (Å²) in [6, 6.07) is 15.4. The van der Waals surface area contributed by atoms with Crippen LogP contribution < -0.4 is 5.32 Å². The number of rotatable bonds is 2. The molecule has 2 aromatic carbocycles. The van der Waals surface area contributed by atoms with Gasteiger partial charge in [-0.15, -0.1) is 0 Å². The molecular weight excluding hydrogens is 378 g/mol. The number of nitrogens with one attached hydrogen (secondary N) is 2. The summed E-state index contributed by atoms with van der Waals surface area (Å²) in [4.78, 5) is 4.97. The van der Waals surface area contributed by atoms with E-state index < -0.39 is 10.8 Å². The van der Waals surface area contributed by atoms with Crippen molar-refractivity contribution in [1.29, 1.82) is 0 Å². The standard InChI is InChI=1S/C22H21N3OS.C2H6/c1-25-18-8-6-15(27(26)20-4-2-3-13-9-10-23-22(13)20)12-16(18)21-17-7-5-14(24-17)11-19(21)25;1-2/h2-4,6,8-10,12,14,17,23-24H,5,7,11H2,1H3;1-2H3. The lowest BCUT2D eigenvalue weighted by atomic mass is 9.99. The fourth-order valence-electron chi connectivity index (χ4n) is 5.03. The maximum atomic E-state index is 13.4. The third-order valence-corrected chi connectivity index (χ3v) is 7.75. The molecule has 0 radical (unpaired) electrons. The number of benzene rings is 2. The van der Waals surface area contributed by atoms with Gasteiger partial charge in [-0.25, -0.2) is 4.21 Å². The normalized spacial score (nSPS) is 21.1. The molecule has 0 aliphatic carbocycles. The number of aromatic nitrogens is 2. The van der Waals surface area contributed by atoms with Gasteiger partial charge in [0.15, 0.2) is 0 Å². The van der Waals surface area contributed by atoms with Crippen LogP contribution in [0.5, 0.6) is 0 Å². The second-order valence-electron chi connectivity index (χ2n) is 7.76. The molecule has 3 unspecified atom stereocenters. The lowest BCUT2D eigenvalue weighted by Gasteiger charge is -2.23. The van der Waals surface area contributed by atoms with Crippen molar-refractivity contribution >= 4 is 32.6 Å². The van der Waals surface area contributed by atoms with Crippen molar-refractivity contribution in [2.75, 3.05) is 0 Å². The number of nitrogens with zero attached hydrogens (tertiary/aromatic N) is 1. The molecule has 1 saturated heterocycles. The summed E-state index contributed by atoms with van der Waals surface area (Å²) in [6.07, 6.45) is 5.45. The fourth-order valence-corrected chi connectivity index (χ4v) is 6.27.